The summed E-state index contributed by atoms with van der Waals surface area (Å²) in [5, 5.41) is 4.33. The van der Waals surface area contributed by atoms with Gasteiger partial charge >= 0.3 is 0 Å². The second kappa shape index (κ2) is 5.35. The van der Waals surface area contributed by atoms with E-state index in [0.29, 0.717) is 9.90 Å². The number of rotatable bonds is 2. The van der Waals surface area contributed by atoms with E-state index in [1.165, 1.54) is 11.3 Å². The predicted octanol–water partition coefficient (Wildman–Crippen LogP) is 5.42. The van der Waals surface area contributed by atoms with Gasteiger partial charge in [0.1, 0.15) is 4.88 Å². The summed E-state index contributed by atoms with van der Waals surface area (Å²) in [6.07, 6.45) is 0. The molecule has 6 heteroatoms. The quantitative estimate of drug-likeness (QED) is 0.527. The number of anilines is 1. The van der Waals surface area contributed by atoms with Gasteiger partial charge in [0.25, 0.3) is 5.91 Å². The number of hydrogen-bond donors (Lipinski definition) is 1. The normalized spacial score (nSPS) is 11.1. The highest BCUT2D eigenvalue weighted by molar-refractivity contribution is 7.21. The average Bonchev–Trinajstić information content (AvgIpc) is 3.12. The Labute approximate surface area is 139 Å². The molecule has 0 saturated carbocycles. The standard InChI is InChI=1S/C16H9ClN2OS2/c17-14-10-3-1-2-4-12(10)22-15(14)16(20)19-9-5-6-11-13(7-9)21-8-18-11/h1-8H,(H,19,20). The number of nitrogens with zero attached hydrogens (tertiary/aromatic N) is 1. The van der Waals surface area contributed by atoms with E-state index in [2.05, 4.69) is 10.3 Å². The summed E-state index contributed by atoms with van der Waals surface area (Å²) in [6.45, 7) is 0. The minimum atomic E-state index is -0.185. The van der Waals surface area contributed by atoms with E-state index in [0.717, 1.165) is 26.0 Å². The van der Waals surface area contributed by atoms with Crippen molar-refractivity contribution in [3.63, 3.8) is 0 Å². The molecule has 0 radical (unpaired) electrons. The summed E-state index contributed by atoms with van der Waals surface area (Å²) in [4.78, 5) is 17.2. The van der Waals surface area contributed by atoms with Gasteiger partial charge in [0.2, 0.25) is 0 Å². The van der Waals surface area contributed by atoms with Crippen molar-refractivity contribution >= 4 is 66.2 Å². The zero-order chi connectivity index (χ0) is 15.1. The number of carbonyl (C=O) groups is 1. The third-order valence-electron chi connectivity index (χ3n) is 3.33. The van der Waals surface area contributed by atoms with Crippen molar-refractivity contribution in [3.05, 3.63) is 57.9 Å². The molecule has 0 unspecified atom stereocenters. The highest BCUT2D eigenvalue weighted by Crippen LogP contribution is 2.35. The number of thiazole rings is 1. The van der Waals surface area contributed by atoms with Crippen molar-refractivity contribution in [2.24, 2.45) is 0 Å². The first-order valence-electron chi connectivity index (χ1n) is 6.54. The molecular formula is C16H9ClN2OS2. The number of fused-ring (bicyclic) bond motifs is 2. The molecule has 0 fully saturated rings. The summed E-state index contributed by atoms with van der Waals surface area (Å²) >= 11 is 9.29. The van der Waals surface area contributed by atoms with E-state index in [4.69, 9.17) is 11.6 Å². The van der Waals surface area contributed by atoms with E-state index in [-0.39, 0.29) is 5.91 Å². The first-order chi connectivity index (χ1) is 10.7. The Bertz CT molecular complexity index is 1010. The van der Waals surface area contributed by atoms with Gasteiger partial charge in [-0.1, -0.05) is 29.8 Å². The maximum atomic E-state index is 12.5. The number of aromatic nitrogens is 1. The van der Waals surface area contributed by atoms with Gasteiger partial charge in [-0.25, -0.2) is 4.98 Å². The molecule has 0 atom stereocenters. The van der Waals surface area contributed by atoms with Crippen LogP contribution in [0.5, 0.6) is 0 Å². The van der Waals surface area contributed by atoms with Crippen molar-refractivity contribution in [2.45, 2.75) is 0 Å². The molecule has 0 aliphatic rings. The predicted molar refractivity (Wildman–Crippen MR) is 94.4 cm³/mol. The minimum Gasteiger partial charge on any atom is -0.321 e. The molecular weight excluding hydrogens is 336 g/mol. The summed E-state index contributed by atoms with van der Waals surface area (Å²) in [6, 6.07) is 13.4. The second-order valence-corrected chi connectivity index (χ2v) is 7.05. The first-order valence-corrected chi connectivity index (χ1v) is 8.61. The highest BCUT2D eigenvalue weighted by Gasteiger charge is 2.17. The van der Waals surface area contributed by atoms with Crippen molar-refractivity contribution in [1.82, 2.24) is 4.98 Å². The Morgan fingerprint density at radius 1 is 1.14 bits per heavy atom. The van der Waals surface area contributed by atoms with Crippen LogP contribution < -0.4 is 5.32 Å². The lowest BCUT2D eigenvalue weighted by Crippen LogP contribution is -2.10. The SMILES string of the molecule is O=C(Nc1ccc2ncsc2c1)c1sc2ccccc2c1Cl. The molecule has 4 aromatic rings. The summed E-state index contributed by atoms with van der Waals surface area (Å²) in [5.41, 5.74) is 3.47. The number of amides is 1. The molecule has 2 aromatic heterocycles. The van der Waals surface area contributed by atoms with Gasteiger partial charge in [-0.2, -0.15) is 0 Å². The fourth-order valence-corrected chi connectivity index (χ4v) is 4.41. The zero-order valence-corrected chi connectivity index (χ0v) is 13.6. The topological polar surface area (TPSA) is 42.0 Å². The monoisotopic (exact) mass is 344 g/mol. The van der Waals surface area contributed by atoms with Gasteiger partial charge < -0.3 is 5.32 Å². The Kier molecular flexibility index (Phi) is 3.33. The van der Waals surface area contributed by atoms with Crippen LogP contribution in [0.1, 0.15) is 9.67 Å². The van der Waals surface area contributed by atoms with Crippen molar-refractivity contribution in [3.8, 4) is 0 Å². The van der Waals surface area contributed by atoms with Crippen LogP contribution in [0, 0.1) is 0 Å². The maximum absolute atomic E-state index is 12.5. The number of hydrogen-bond acceptors (Lipinski definition) is 4. The third kappa shape index (κ3) is 2.27. The van der Waals surface area contributed by atoms with Crippen LogP contribution in [0.3, 0.4) is 0 Å². The Hall–Kier alpha value is -1.95. The number of thiophene rings is 1. The van der Waals surface area contributed by atoms with Crippen LogP contribution in [0.4, 0.5) is 5.69 Å². The lowest BCUT2D eigenvalue weighted by atomic mass is 10.2. The summed E-state index contributed by atoms with van der Waals surface area (Å²) < 4.78 is 2.05. The molecule has 0 bridgehead atoms. The first kappa shape index (κ1) is 13.7. The molecule has 4 rings (SSSR count). The molecule has 0 spiro atoms. The molecule has 0 saturated heterocycles. The Morgan fingerprint density at radius 2 is 2.00 bits per heavy atom. The van der Waals surface area contributed by atoms with E-state index in [9.17, 15) is 4.79 Å². The van der Waals surface area contributed by atoms with Gasteiger partial charge in [0, 0.05) is 15.8 Å². The zero-order valence-electron chi connectivity index (χ0n) is 11.2. The molecule has 1 amide bonds. The highest BCUT2D eigenvalue weighted by atomic mass is 35.5. The largest absolute Gasteiger partial charge is 0.321 e. The van der Waals surface area contributed by atoms with Gasteiger partial charge in [-0.3, -0.25) is 4.79 Å². The number of halogens is 1. The number of nitrogens with one attached hydrogen (secondary N) is 1. The lowest BCUT2D eigenvalue weighted by molar-refractivity contribution is 0.103. The van der Waals surface area contributed by atoms with Crippen LogP contribution in [-0.2, 0) is 0 Å². The van der Waals surface area contributed by atoms with Crippen LogP contribution in [0.15, 0.2) is 48.0 Å². The van der Waals surface area contributed by atoms with Crippen molar-refractivity contribution in [1.29, 1.82) is 0 Å². The molecule has 1 N–H and O–H groups in total. The van der Waals surface area contributed by atoms with E-state index in [1.807, 2.05) is 42.5 Å². The van der Waals surface area contributed by atoms with Gasteiger partial charge in [0.05, 0.1) is 20.7 Å². The number of benzene rings is 2. The molecule has 3 nitrogen and oxygen atoms in total. The van der Waals surface area contributed by atoms with Crippen molar-refractivity contribution < 1.29 is 4.79 Å². The van der Waals surface area contributed by atoms with Crippen LogP contribution in [-0.4, -0.2) is 10.9 Å². The van der Waals surface area contributed by atoms with Crippen LogP contribution >= 0.6 is 34.3 Å². The molecule has 0 aliphatic heterocycles. The second-order valence-electron chi connectivity index (χ2n) is 4.73. The molecule has 22 heavy (non-hydrogen) atoms. The lowest BCUT2D eigenvalue weighted by Gasteiger charge is -2.03. The molecule has 0 aliphatic carbocycles. The maximum Gasteiger partial charge on any atom is 0.267 e. The van der Waals surface area contributed by atoms with Gasteiger partial charge in [0.15, 0.2) is 0 Å². The van der Waals surface area contributed by atoms with E-state index in [1.54, 1.807) is 16.8 Å². The van der Waals surface area contributed by atoms with Crippen LogP contribution in [0.2, 0.25) is 5.02 Å². The number of carbonyl (C=O) groups excluding carboxylic acids is 1. The average molecular weight is 345 g/mol. The Morgan fingerprint density at radius 3 is 2.86 bits per heavy atom. The van der Waals surface area contributed by atoms with E-state index < -0.39 is 0 Å². The molecule has 2 heterocycles. The minimum absolute atomic E-state index is 0.185. The van der Waals surface area contributed by atoms with E-state index >= 15 is 0 Å². The van der Waals surface area contributed by atoms with Gasteiger partial charge in [-0.15, -0.1) is 22.7 Å². The molecule has 108 valence electrons. The van der Waals surface area contributed by atoms with Crippen LogP contribution in [0.25, 0.3) is 20.3 Å². The Balaban J connectivity index is 1.69. The van der Waals surface area contributed by atoms with Crippen molar-refractivity contribution in [2.75, 3.05) is 5.32 Å². The summed E-state index contributed by atoms with van der Waals surface area (Å²) in [7, 11) is 0. The fourth-order valence-electron chi connectivity index (χ4n) is 2.28. The smallest absolute Gasteiger partial charge is 0.267 e. The third-order valence-corrected chi connectivity index (χ3v) is 5.80. The summed E-state index contributed by atoms with van der Waals surface area (Å²) in [5.74, 6) is -0.185. The molecule has 2 aromatic carbocycles. The fraction of sp³-hybridized carbons (Fsp3) is 0. The van der Waals surface area contributed by atoms with Gasteiger partial charge in [-0.05, 0) is 24.3 Å².